The number of alkyl halides is 3. The topological polar surface area (TPSA) is 60.4 Å². The molecule has 0 amide bonds. The number of halogens is 3. The van der Waals surface area contributed by atoms with E-state index in [0.29, 0.717) is 5.56 Å². The van der Waals surface area contributed by atoms with Crippen molar-refractivity contribution in [3.63, 3.8) is 0 Å². The van der Waals surface area contributed by atoms with Crippen molar-refractivity contribution < 1.29 is 31.1 Å². The normalized spacial score (nSPS) is 12.0. The van der Waals surface area contributed by atoms with Gasteiger partial charge in [0.2, 0.25) is 0 Å². The first-order chi connectivity index (χ1) is 11.5. The van der Waals surface area contributed by atoms with Crippen LogP contribution >= 0.6 is 0 Å². The van der Waals surface area contributed by atoms with Crippen LogP contribution in [0.15, 0.2) is 48.5 Å². The molecule has 0 fully saturated rings. The number of hydrogen-bond donors (Lipinski definition) is 0. The maximum atomic E-state index is 12.6. The van der Waals surface area contributed by atoms with Gasteiger partial charge in [-0.3, -0.25) is 0 Å². The van der Waals surface area contributed by atoms with Crippen LogP contribution in [0.4, 0.5) is 13.2 Å². The second-order valence-electron chi connectivity index (χ2n) is 5.54. The third kappa shape index (κ3) is 5.90. The Morgan fingerprint density at radius 1 is 1.04 bits per heavy atom. The fourth-order valence-corrected chi connectivity index (χ4v) is 2.91. The summed E-state index contributed by atoms with van der Waals surface area (Å²) < 4.78 is 65.3. The fraction of sp³-hybridized carbons (Fsp3) is 0.235. The highest BCUT2D eigenvalue weighted by atomic mass is 32.2. The second kappa shape index (κ2) is 7.26. The number of carbonyl (C=O) groups excluding carboxylic acids is 1. The molecule has 0 bridgehead atoms. The molecular weight excluding hydrogens is 357 g/mol. The van der Waals surface area contributed by atoms with Gasteiger partial charge in [0, 0.05) is 6.26 Å². The summed E-state index contributed by atoms with van der Waals surface area (Å²) in [7, 11) is -3.18. The van der Waals surface area contributed by atoms with Crippen molar-refractivity contribution >= 4 is 15.8 Å². The summed E-state index contributed by atoms with van der Waals surface area (Å²) in [6.07, 6.45) is -3.36. The minimum absolute atomic E-state index is 0.146. The van der Waals surface area contributed by atoms with Crippen LogP contribution in [0.3, 0.4) is 0 Å². The van der Waals surface area contributed by atoms with Gasteiger partial charge in [0.05, 0.1) is 16.9 Å². The molecule has 0 N–H and O–H groups in total. The highest BCUT2D eigenvalue weighted by molar-refractivity contribution is 7.89. The molecule has 134 valence electrons. The Morgan fingerprint density at radius 3 is 2.24 bits per heavy atom. The van der Waals surface area contributed by atoms with Crippen molar-refractivity contribution in [2.45, 2.75) is 18.5 Å². The Balaban J connectivity index is 2.01. The summed E-state index contributed by atoms with van der Waals surface area (Å²) in [6, 6.07) is 10.3. The Morgan fingerprint density at radius 2 is 1.68 bits per heavy atom. The molecule has 0 radical (unpaired) electrons. The van der Waals surface area contributed by atoms with E-state index >= 15 is 0 Å². The fourth-order valence-electron chi connectivity index (χ4n) is 2.11. The lowest BCUT2D eigenvalue weighted by Crippen LogP contribution is -2.08. The lowest BCUT2D eigenvalue weighted by molar-refractivity contribution is -0.137. The number of ether oxygens (including phenoxy) is 1. The highest BCUT2D eigenvalue weighted by Crippen LogP contribution is 2.29. The number of esters is 1. The molecule has 0 saturated carbocycles. The number of sulfone groups is 1. The van der Waals surface area contributed by atoms with Gasteiger partial charge in [-0.1, -0.05) is 24.3 Å². The summed E-state index contributed by atoms with van der Waals surface area (Å²) in [5.41, 5.74) is 0.115. The van der Waals surface area contributed by atoms with Gasteiger partial charge in [0.25, 0.3) is 0 Å². The van der Waals surface area contributed by atoms with Crippen LogP contribution in [-0.4, -0.2) is 20.6 Å². The minimum atomic E-state index is -4.46. The molecule has 2 rings (SSSR count). The standard InChI is InChI=1S/C17H15F3O4S/c1-25(22,23)11-12-5-7-14(8-6-12)16(21)24-10-13-3-2-4-15(9-13)17(18,19)20/h2-9H,10-11H2,1H3. The first-order valence-electron chi connectivity index (χ1n) is 7.14. The van der Waals surface area contributed by atoms with Gasteiger partial charge in [-0.2, -0.15) is 13.2 Å². The first kappa shape index (κ1) is 19.0. The number of benzene rings is 2. The van der Waals surface area contributed by atoms with Gasteiger partial charge in [-0.05, 0) is 35.4 Å². The van der Waals surface area contributed by atoms with Crippen molar-refractivity contribution in [3.05, 3.63) is 70.8 Å². The van der Waals surface area contributed by atoms with Gasteiger partial charge in [0.15, 0.2) is 9.84 Å². The van der Waals surface area contributed by atoms with Gasteiger partial charge in [-0.25, -0.2) is 13.2 Å². The molecular formula is C17H15F3O4S. The molecule has 4 nitrogen and oxygen atoms in total. The predicted molar refractivity (Wildman–Crippen MR) is 85.6 cm³/mol. The lowest BCUT2D eigenvalue weighted by atomic mass is 10.1. The molecule has 0 aliphatic carbocycles. The molecule has 0 aromatic heterocycles. The third-order valence-electron chi connectivity index (χ3n) is 3.24. The predicted octanol–water partition coefficient (Wildman–Crippen LogP) is 3.61. The van der Waals surface area contributed by atoms with E-state index in [1.807, 2.05) is 0 Å². The minimum Gasteiger partial charge on any atom is -0.457 e. The zero-order valence-corrected chi connectivity index (χ0v) is 14.0. The highest BCUT2D eigenvalue weighted by Gasteiger charge is 2.30. The van der Waals surface area contributed by atoms with Gasteiger partial charge in [-0.15, -0.1) is 0 Å². The Hall–Kier alpha value is -2.35. The van der Waals surface area contributed by atoms with Crippen molar-refractivity contribution in [1.82, 2.24) is 0 Å². The molecule has 2 aromatic carbocycles. The van der Waals surface area contributed by atoms with Crippen molar-refractivity contribution in [3.8, 4) is 0 Å². The van der Waals surface area contributed by atoms with Gasteiger partial charge >= 0.3 is 12.1 Å². The van der Waals surface area contributed by atoms with E-state index in [1.165, 1.54) is 36.4 Å². The van der Waals surface area contributed by atoms with Crippen LogP contribution in [-0.2, 0) is 33.1 Å². The van der Waals surface area contributed by atoms with Gasteiger partial charge in [0.1, 0.15) is 6.61 Å². The molecule has 0 spiro atoms. The van der Waals surface area contributed by atoms with Gasteiger partial charge < -0.3 is 4.74 Å². The number of hydrogen-bond acceptors (Lipinski definition) is 4. The maximum absolute atomic E-state index is 12.6. The van der Waals surface area contributed by atoms with E-state index in [1.54, 1.807) is 0 Å². The zero-order chi connectivity index (χ0) is 18.7. The van der Waals surface area contributed by atoms with Crippen LogP contribution in [0.1, 0.15) is 27.0 Å². The monoisotopic (exact) mass is 372 g/mol. The molecule has 2 aromatic rings. The van der Waals surface area contributed by atoms with Crippen LogP contribution in [0.25, 0.3) is 0 Å². The van der Waals surface area contributed by atoms with Crippen molar-refractivity contribution in [1.29, 1.82) is 0 Å². The molecule has 0 aliphatic heterocycles. The molecule has 25 heavy (non-hydrogen) atoms. The van der Waals surface area contributed by atoms with E-state index in [9.17, 15) is 26.4 Å². The average molecular weight is 372 g/mol. The average Bonchev–Trinajstić information content (AvgIpc) is 2.51. The molecule has 0 unspecified atom stereocenters. The quantitative estimate of drug-likeness (QED) is 0.753. The third-order valence-corrected chi connectivity index (χ3v) is 4.10. The largest absolute Gasteiger partial charge is 0.457 e. The number of carbonyl (C=O) groups is 1. The summed E-state index contributed by atoms with van der Waals surface area (Å²) in [4.78, 5) is 11.9. The van der Waals surface area contributed by atoms with Crippen LogP contribution in [0.5, 0.6) is 0 Å². The van der Waals surface area contributed by atoms with Crippen molar-refractivity contribution in [2.75, 3.05) is 6.26 Å². The molecule has 0 aliphatic rings. The van der Waals surface area contributed by atoms with E-state index in [-0.39, 0.29) is 23.5 Å². The van der Waals surface area contributed by atoms with Crippen LogP contribution in [0.2, 0.25) is 0 Å². The van der Waals surface area contributed by atoms with Crippen LogP contribution in [0, 0.1) is 0 Å². The molecule has 8 heteroatoms. The summed E-state index contributed by atoms with van der Waals surface area (Å²) in [6.45, 7) is -0.298. The molecule has 0 saturated heterocycles. The van der Waals surface area contributed by atoms with Crippen molar-refractivity contribution in [2.24, 2.45) is 0 Å². The van der Waals surface area contributed by atoms with E-state index in [0.717, 1.165) is 18.4 Å². The summed E-state index contributed by atoms with van der Waals surface area (Å²) >= 11 is 0. The summed E-state index contributed by atoms with van der Waals surface area (Å²) in [5, 5.41) is 0. The number of rotatable bonds is 5. The lowest BCUT2D eigenvalue weighted by Gasteiger charge is -2.09. The van der Waals surface area contributed by atoms with Crippen LogP contribution < -0.4 is 0 Å². The van der Waals surface area contributed by atoms with E-state index in [4.69, 9.17) is 4.74 Å². The maximum Gasteiger partial charge on any atom is 0.416 e. The molecule has 0 atom stereocenters. The Kier molecular flexibility index (Phi) is 5.52. The Bertz CT molecular complexity index is 856. The first-order valence-corrected chi connectivity index (χ1v) is 9.20. The smallest absolute Gasteiger partial charge is 0.416 e. The Labute approximate surface area is 143 Å². The second-order valence-corrected chi connectivity index (χ2v) is 7.68. The zero-order valence-electron chi connectivity index (χ0n) is 13.2. The molecule has 0 heterocycles. The summed E-state index contributed by atoms with van der Waals surface area (Å²) in [5.74, 6) is -0.852. The van der Waals surface area contributed by atoms with E-state index in [2.05, 4.69) is 0 Å². The SMILES string of the molecule is CS(=O)(=O)Cc1ccc(C(=O)OCc2cccc(C(F)(F)F)c2)cc1. The van der Waals surface area contributed by atoms with E-state index < -0.39 is 27.5 Å².